The van der Waals surface area contributed by atoms with E-state index in [1.807, 2.05) is 30.0 Å². The Morgan fingerprint density at radius 3 is 2.85 bits per heavy atom. The zero-order valence-corrected chi connectivity index (χ0v) is 15.3. The van der Waals surface area contributed by atoms with Crippen molar-refractivity contribution < 1.29 is 19.8 Å². The van der Waals surface area contributed by atoms with Crippen LogP contribution in [0.25, 0.3) is 11.0 Å². The number of anilines is 1. The van der Waals surface area contributed by atoms with E-state index < -0.39 is 17.5 Å². The molecule has 0 aliphatic carbocycles. The minimum Gasteiger partial charge on any atom is -0.478 e. The summed E-state index contributed by atoms with van der Waals surface area (Å²) in [4.78, 5) is 34.8. The standard InChI is InChI=1S/C19H22N4O4/c1-13-3-4-14-18(21-13)15(7-9-20-14)23-10-8-19(27,12-23)11-22(2)16(24)5-6-17(25)26/h3-7,9,27H,8,10-12H2,1-2H3,(H,25,26)/b6-5+. The predicted molar refractivity (Wildman–Crippen MR) is 100 cm³/mol. The second-order valence-electron chi connectivity index (χ2n) is 6.91. The van der Waals surface area contributed by atoms with Crippen molar-refractivity contribution in [3.63, 3.8) is 0 Å². The summed E-state index contributed by atoms with van der Waals surface area (Å²) >= 11 is 0. The lowest BCUT2D eigenvalue weighted by Gasteiger charge is -2.29. The Morgan fingerprint density at radius 2 is 2.11 bits per heavy atom. The van der Waals surface area contributed by atoms with Gasteiger partial charge in [-0.25, -0.2) is 9.78 Å². The Hall–Kier alpha value is -3.00. The topological polar surface area (TPSA) is 107 Å². The lowest BCUT2D eigenvalue weighted by molar-refractivity contribution is -0.132. The van der Waals surface area contributed by atoms with Crippen LogP contribution in [0.2, 0.25) is 0 Å². The number of aliphatic carboxylic acids is 1. The molecule has 1 aliphatic heterocycles. The summed E-state index contributed by atoms with van der Waals surface area (Å²) in [7, 11) is 1.54. The highest BCUT2D eigenvalue weighted by Crippen LogP contribution is 2.31. The Kier molecular flexibility index (Phi) is 5.09. The molecule has 1 aliphatic rings. The number of β-amino-alcohol motifs (C(OH)–C–C–N with tert-alkyl or cyclic N) is 1. The van der Waals surface area contributed by atoms with Gasteiger partial charge in [0.05, 0.1) is 17.7 Å². The van der Waals surface area contributed by atoms with Crippen LogP contribution in [0.1, 0.15) is 12.1 Å². The molecule has 8 nitrogen and oxygen atoms in total. The molecular weight excluding hydrogens is 348 g/mol. The first-order chi connectivity index (χ1) is 12.8. The van der Waals surface area contributed by atoms with Gasteiger partial charge >= 0.3 is 5.97 Å². The number of nitrogens with zero attached hydrogens (tertiary/aromatic N) is 4. The Balaban J connectivity index is 1.75. The molecule has 2 aromatic rings. The summed E-state index contributed by atoms with van der Waals surface area (Å²) < 4.78 is 0. The number of carbonyl (C=O) groups excluding carboxylic acids is 1. The number of hydrogen-bond acceptors (Lipinski definition) is 6. The SMILES string of the molecule is Cc1ccc2nccc(N3CCC(O)(CN(C)C(=O)/C=C/C(=O)O)C3)c2n1. The molecule has 142 valence electrons. The van der Waals surface area contributed by atoms with Gasteiger partial charge in [0.15, 0.2) is 0 Å². The fourth-order valence-electron chi connectivity index (χ4n) is 3.34. The highest BCUT2D eigenvalue weighted by Gasteiger charge is 2.38. The van der Waals surface area contributed by atoms with E-state index in [4.69, 9.17) is 5.11 Å². The van der Waals surface area contributed by atoms with E-state index in [0.717, 1.165) is 34.6 Å². The Morgan fingerprint density at radius 1 is 1.33 bits per heavy atom. The molecule has 1 unspecified atom stereocenters. The fourth-order valence-corrected chi connectivity index (χ4v) is 3.34. The summed E-state index contributed by atoms with van der Waals surface area (Å²) in [6, 6.07) is 5.71. The third-order valence-corrected chi connectivity index (χ3v) is 4.65. The van der Waals surface area contributed by atoms with Crippen LogP contribution in [0.3, 0.4) is 0 Å². The molecular formula is C19H22N4O4. The number of carbonyl (C=O) groups is 2. The van der Waals surface area contributed by atoms with Gasteiger partial charge < -0.3 is 20.0 Å². The quantitative estimate of drug-likeness (QED) is 0.756. The van der Waals surface area contributed by atoms with Crippen LogP contribution < -0.4 is 4.90 Å². The van der Waals surface area contributed by atoms with Gasteiger partial charge in [-0.15, -0.1) is 0 Å². The van der Waals surface area contributed by atoms with Gasteiger partial charge in [0.25, 0.3) is 0 Å². The van der Waals surface area contributed by atoms with Crippen molar-refractivity contribution in [3.05, 3.63) is 42.2 Å². The maximum atomic E-state index is 12.0. The second-order valence-corrected chi connectivity index (χ2v) is 6.91. The molecule has 1 fully saturated rings. The smallest absolute Gasteiger partial charge is 0.328 e. The summed E-state index contributed by atoms with van der Waals surface area (Å²) in [5.41, 5.74) is 2.29. The van der Waals surface area contributed by atoms with Gasteiger partial charge in [-0.2, -0.15) is 0 Å². The summed E-state index contributed by atoms with van der Waals surface area (Å²) in [6.45, 7) is 3.00. The Bertz CT molecular complexity index is 914. The highest BCUT2D eigenvalue weighted by molar-refractivity contribution is 5.93. The zero-order chi connectivity index (χ0) is 19.6. The van der Waals surface area contributed by atoms with Gasteiger partial charge in [0.2, 0.25) is 5.91 Å². The van der Waals surface area contributed by atoms with Crippen molar-refractivity contribution in [2.24, 2.45) is 0 Å². The molecule has 3 rings (SSSR count). The molecule has 1 amide bonds. The van der Waals surface area contributed by atoms with Crippen molar-refractivity contribution >= 4 is 28.6 Å². The van der Waals surface area contributed by atoms with Gasteiger partial charge in [-0.05, 0) is 31.5 Å². The molecule has 2 aromatic heterocycles. The first-order valence-electron chi connectivity index (χ1n) is 8.63. The van der Waals surface area contributed by atoms with Crippen LogP contribution in [0.4, 0.5) is 5.69 Å². The monoisotopic (exact) mass is 370 g/mol. The molecule has 2 N–H and O–H groups in total. The third kappa shape index (κ3) is 4.22. The maximum Gasteiger partial charge on any atom is 0.328 e. The fraction of sp³-hybridized carbons (Fsp3) is 0.368. The maximum absolute atomic E-state index is 12.0. The number of aliphatic hydroxyl groups is 1. The van der Waals surface area contributed by atoms with E-state index in [2.05, 4.69) is 9.97 Å². The van der Waals surface area contributed by atoms with Crippen molar-refractivity contribution in [3.8, 4) is 0 Å². The van der Waals surface area contributed by atoms with Gasteiger partial charge in [-0.3, -0.25) is 9.78 Å². The summed E-state index contributed by atoms with van der Waals surface area (Å²) in [5.74, 6) is -1.65. The van der Waals surface area contributed by atoms with E-state index >= 15 is 0 Å². The van der Waals surface area contributed by atoms with Gasteiger partial charge in [0.1, 0.15) is 11.1 Å². The molecule has 0 spiro atoms. The predicted octanol–water partition coefficient (Wildman–Crippen LogP) is 0.979. The van der Waals surface area contributed by atoms with E-state index in [0.29, 0.717) is 19.5 Å². The normalized spacial score (nSPS) is 19.7. The highest BCUT2D eigenvalue weighted by atomic mass is 16.4. The Labute approximate surface area is 156 Å². The van der Waals surface area contributed by atoms with Gasteiger partial charge in [-0.1, -0.05) is 0 Å². The summed E-state index contributed by atoms with van der Waals surface area (Å²) in [6.07, 6.45) is 3.99. The van der Waals surface area contributed by atoms with Crippen LogP contribution in [0.5, 0.6) is 0 Å². The van der Waals surface area contributed by atoms with E-state index in [1.165, 1.54) is 4.90 Å². The van der Waals surface area contributed by atoms with Crippen molar-refractivity contribution in [2.75, 3.05) is 31.6 Å². The number of carboxylic acid groups (broad SMARTS) is 1. The van der Waals surface area contributed by atoms with Crippen molar-refractivity contribution in [2.45, 2.75) is 18.9 Å². The van der Waals surface area contributed by atoms with Crippen LogP contribution in [0, 0.1) is 6.92 Å². The number of amides is 1. The third-order valence-electron chi connectivity index (χ3n) is 4.65. The molecule has 0 radical (unpaired) electrons. The first-order valence-corrected chi connectivity index (χ1v) is 8.63. The molecule has 1 saturated heterocycles. The number of pyridine rings is 2. The van der Waals surface area contributed by atoms with E-state index in [-0.39, 0.29) is 6.54 Å². The number of aryl methyl sites for hydroxylation is 1. The second kappa shape index (κ2) is 7.32. The molecule has 0 saturated carbocycles. The summed E-state index contributed by atoms with van der Waals surface area (Å²) in [5, 5.41) is 19.6. The molecule has 0 bridgehead atoms. The van der Waals surface area contributed by atoms with Crippen LogP contribution >= 0.6 is 0 Å². The average molecular weight is 370 g/mol. The van der Waals surface area contributed by atoms with Crippen LogP contribution in [0.15, 0.2) is 36.5 Å². The zero-order valence-electron chi connectivity index (χ0n) is 15.3. The minimum atomic E-state index is -1.19. The molecule has 3 heterocycles. The molecule has 0 aromatic carbocycles. The number of likely N-dealkylation sites (N-methyl/N-ethyl adjacent to an activating group) is 1. The van der Waals surface area contributed by atoms with Crippen molar-refractivity contribution in [1.29, 1.82) is 0 Å². The lowest BCUT2D eigenvalue weighted by Crippen LogP contribution is -2.45. The average Bonchev–Trinajstić information content (AvgIpc) is 3.00. The molecule has 1 atom stereocenters. The number of carboxylic acids is 1. The first kappa shape index (κ1) is 18.8. The van der Waals surface area contributed by atoms with Crippen LogP contribution in [-0.2, 0) is 9.59 Å². The number of rotatable bonds is 5. The number of aromatic nitrogens is 2. The van der Waals surface area contributed by atoms with E-state index in [1.54, 1.807) is 13.2 Å². The molecule has 27 heavy (non-hydrogen) atoms. The minimum absolute atomic E-state index is 0.113. The van der Waals surface area contributed by atoms with Crippen molar-refractivity contribution in [1.82, 2.24) is 14.9 Å². The van der Waals surface area contributed by atoms with Gasteiger partial charge in [0, 0.05) is 44.2 Å². The largest absolute Gasteiger partial charge is 0.478 e. The molecule has 8 heteroatoms. The van der Waals surface area contributed by atoms with E-state index in [9.17, 15) is 14.7 Å². The van der Waals surface area contributed by atoms with Crippen LogP contribution in [-0.4, -0.2) is 69.2 Å². The number of fused-ring (bicyclic) bond motifs is 1. The number of hydrogen-bond donors (Lipinski definition) is 2. The lowest BCUT2D eigenvalue weighted by atomic mass is 10.0.